The first kappa shape index (κ1) is 18.1. The van der Waals surface area contributed by atoms with E-state index in [0.717, 1.165) is 29.3 Å². The molecule has 0 saturated carbocycles. The van der Waals surface area contributed by atoms with Crippen LogP contribution in [0.25, 0.3) is 0 Å². The van der Waals surface area contributed by atoms with Gasteiger partial charge < -0.3 is 9.47 Å². The van der Waals surface area contributed by atoms with Crippen molar-refractivity contribution in [2.75, 3.05) is 20.8 Å². The van der Waals surface area contributed by atoms with Gasteiger partial charge in [0.2, 0.25) is 0 Å². The average molecular weight is 361 g/mol. The second-order valence-corrected chi connectivity index (χ2v) is 5.96. The second kappa shape index (κ2) is 7.28. The predicted molar refractivity (Wildman–Crippen MR) is 93.1 cm³/mol. The zero-order valence-corrected chi connectivity index (χ0v) is 14.5. The molecule has 6 heteroatoms. The Labute approximate surface area is 149 Å². The van der Waals surface area contributed by atoms with Crippen molar-refractivity contribution in [3.05, 3.63) is 58.0 Å². The SMILES string of the molecule is COc1cc2c(cc1OC)C(CCC1=C=C=C(C(F)(F)F)C=C1)=NCC2. The van der Waals surface area contributed by atoms with Crippen LogP contribution in [0.5, 0.6) is 11.5 Å². The number of ether oxygens (including phenoxy) is 2. The molecular weight excluding hydrogens is 343 g/mol. The minimum Gasteiger partial charge on any atom is -0.493 e. The van der Waals surface area contributed by atoms with E-state index in [1.165, 1.54) is 6.08 Å². The molecule has 3 nitrogen and oxygen atoms in total. The molecule has 1 aromatic rings. The lowest BCUT2D eigenvalue weighted by molar-refractivity contribution is -0.0880. The van der Waals surface area contributed by atoms with E-state index >= 15 is 0 Å². The highest BCUT2D eigenvalue weighted by Gasteiger charge is 2.32. The van der Waals surface area contributed by atoms with E-state index in [1.54, 1.807) is 14.2 Å². The molecule has 136 valence electrons. The summed E-state index contributed by atoms with van der Waals surface area (Å²) >= 11 is 0. The number of halogens is 3. The lowest BCUT2D eigenvalue weighted by Crippen LogP contribution is -2.14. The third-order valence-corrected chi connectivity index (χ3v) is 4.35. The molecule has 1 heterocycles. The Balaban J connectivity index is 1.81. The summed E-state index contributed by atoms with van der Waals surface area (Å²) in [5.41, 5.74) is 7.72. The fourth-order valence-electron chi connectivity index (χ4n) is 2.99. The van der Waals surface area contributed by atoms with Gasteiger partial charge in [-0.25, -0.2) is 0 Å². The van der Waals surface area contributed by atoms with Crippen LogP contribution in [-0.2, 0) is 6.42 Å². The summed E-state index contributed by atoms with van der Waals surface area (Å²) in [5.74, 6) is 1.31. The minimum atomic E-state index is -4.39. The van der Waals surface area contributed by atoms with E-state index in [4.69, 9.17) is 9.47 Å². The third-order valence-electron chi connectivity index (χ3n) is 4.35. The number of hydrogen-bond acceptors (Lipinski definition) is 3. The largest absolute Gasteiger partial charge is 0.493 e. The lowest BCUT2D eigenvalue weighted by Gasteiger charge is -2.20. The highest BCUT2D eigenvalue weighted by molar-refractivity contribution is 6.03. The number of fused-ring (bicyclic) bond motifs is 1. The molecule has 0 atom stereocenters. The molecule has 0 fully saturated rings. The fraction of sp³-hybridized carbons (Fsp3) is 0.350. The summed E-state index contributed by atoms with van der Waals surface area (Å²) in [6.07, 6.45) is 0.0599. The molecule has 26 heavy (non-hydrogen) atoms. The molecule has 0 N–H and O–H groups in total. The van der Waals surface area contributed by atoms with E-state index in [0.29, 0.717) is 36.5 Å². The van der Waals surface area contributed by atoms with E-state index in [9.17, 15) is 13.2 Å². The van der Waals surface area contributed by atoms with Crippen LogP contribution in [0.1, 0.15) is 24.0 Å². The molecular formula is C20H18F3NO2. The van der Waals surface area contributed by atoms with Crippen LogP contribution in [0, 0.1) is 0 Å². The van der Waals surface area contributed by atoms with Crippen LogP contribution in [0.2, 0.25) is 0 Å². The third kappa shape index (κ3) is 3.77. The number of alkyl halides is 3. The molecule has 0 radical (unpaired) electrons. The van der Waals surface area contributed by atoms with Crippen molar-refractivity contribution in [1.82, 2.24) is 0 Å². The van der Waals surface area contributed by atoms with Gasteiger partial charge in [0.25, 0.3) is 0 Å². The Bertz CT molecular complexity index is 881. The Hall–Kier alpha value is -2.68. The van der Waals surface area contributed by atoms with Gasteiger partial charge in [0, 0.05) is 23.4 Å². The van der Waals surface area contributed by atoms with Gasteiger partial charge in [-0.1, -0.05) is 11.5 Å². The van der Waals surface area contributed by atoms with Crippen LogP contribution in [0.15, 0.2) is 51.9 Å². The van der Waals surface area contributed by atoms with Crippen molar-refractivity contribution in [3.8, 4) is 11.5 Å². The Morgan fingerprint density at radius 3 is 2.38 bits per heavy atom. The van der Waals surface area contributed by atoms with E-state index < -0.39 is 11.7 Å². The predicted octanol–water partition coefficient (Wildman–Crippen LogP) is 4.57. The molecule has 0 bridgehead atoms. The topological polar surface area (TPSA) is 30.8 Å². The van der Waals surface area contributed by atoms with E-state index in [2.05, 4.69) is 16.5 Å². The van der Waals surface area contributed by atoms with E-state index in [1.807, 2.05) is 12.1 Å². The molecule has 0 spiro atoms. The van der Waals surface area contributed by atoms with Crippen LogP contribution in [0.4, 0.5) is 13.2 Å². The second-order valence-electron chi connectivity index (χ2n) is 5.96. The Kier molecular flexibility index (Phi) is 5.08. The van der Waals surface area contributed by atoms with Gasteiger partial charge in [-0.15, -0.1) is 0 Å². The van der Waals surface area contributed by atoms with Gasteiger partial charge in [-0.05, 0) is 49.1 Å². The lowest BCUT2D eigenvalue weighted by atomic mass is 9.93. The molecule has 0 aromatic heterocycles. The highest BCUT2D eigenvalue weighted by atomic mass is 19.4. The van der Waals surface area contributed by atoms with Crippen molar-refractivity contribution in [2.24, 2.45) is 4.99 Å². The fourth-order valence-corrected chi connectivity index (χ4v) is 2.99. The standard InChI is InChI=1S/C20H18F3NO2/c1-25-18-11-14-9-10-24-17(16(14)12-19(18)26-2)8-5-13-3-6-15(7-4-13)20(21,22)23/h3,6,11-12H,5,8-10H2,1-2H3. The van der Waals surface area contributed by atoms with Gasteiger partial charge in [0.1, 0.15) is 5.57 Å². The number of allylic oxidation sites excluding steroid dienone is 4. The first-order valence-corrected chi connectivity index (χ1v) is 8.21. The molecule has 0 amide bonds. The summed E-state index contributed by atoms with van der Waals surface area (Å²) in [6, 6.07) is 3.87. The molecule has 2 aliphatic rings. The van der Waals surface area contributed by atoms with Crippen molar-refractivity contribution < 1.29 is 22.6 Å². The number of hydrogen-bond donors (Lipinski definition) is 0. The number of rotatable bonds is 5. The molecule has 1 aromatic carbocycles. The van der Waals surface area contributed by atoms with Gasteiger partial charge in [0.15, 0.2) is 11.5 Å². The van der Waals surface area contributed by atoms with Crippen LogP contribution in [0.3, 0.4) is 0 Å². The molecule has 1 aliphatic carbocycles. The van der Waals surface area contributed by atoms with Crippen molar-refractivity contribution >= 4 is 5.71 Å². The Morgan fingerprint density at radius 1 is 1.04 bits per heavy atom. The maximum Gasteiger partial charge on any atom is 0.424 e. The normalized spacial score (nSPS) is 15.8. The minimum absolute atomic E-state index is 0.543. The smallest absolute Gasteiger partial charge is 0.424 e. The van der Waals surface area contributed by atoms with Crippen molar-refractivity contribution in [2.45, 2.75) is 25.4 Å². The zero-order valence-electron chi connectivity index (χ0n) is 14.5. The monoisotopic (exact) mass is 361 g/mol. The van der Waals surface area contributed by atoms with Crippen molar-refractivity contribution in [1.29, 1.82) is 0 Å². The zero-order chi connectivity index (χ0) is 18.7. The maximum atomic E-state index is 12.6. The summed E-state index contributed by atoms with van der Waals surface area (Å²) in [7, 11) is 3.18. The van der Waals surface area contributed by atoms with Gasteiger partial charge in [0.05, 0.1) is 14.2 Å². The van der Waals surface area contributed by atoms with E-state index in [-0.39, 0.29) is 0 Å². The summed E-state index contributed by atoms with van der Waals surface area (Å²) in [5, 5.41) is 0. The van der Waals surface area contributed by atoms with Crippen molar-refractivity contribution in [3.63, 3.8) is 0 Å². The number of benzene rings is 1. The van der Waals surface area contributed by atoms with Crippen LogP contribution < -0.4 is 9.47 Å². The van der Waals surface area contributed by atoms with Gasteiger partial charge in [-0.3, -0.25) is 4.99 Å². The highest BCUT2D eigenvalue weighted by Crippen LogP contribution is 2.33. The van der Waals surface area contributed by atoms with Crippen LogP contribution in [-0.4, -0.2) is 32.7 Å². The quantitative estimate of drug-likeness (QED) is 0.720. The number of methoxy groups -OCH3 is 2. The molecule has 3 rings (SSSR count). The van der Waals surface area contributed by atoms with Crippen LogP contribution >= 0.6 is 0 Å². The number of nitrogens with zero attached hydrogens (tertiary/aromatic N) is 1. The first-order chi connectivity index (χ1) is 12.4. The summed E-state index contributed by atoms with van der Waals surface area (Å²) < 4.78 is 48.5. The van der Waals surface area contributed by atoms with Gasteiger partial charge in [-0.2, -0.15) is 13.2 Å². The molecule has 0 saturated heterocycles. The number of aliphatic imine (C=N–C) groups is 1. The van der Waals surface area contributed by atoms with Gasteiger partial charge >= 0.3 is 6.18 Å². The first-order valence-electron chi connectivity index (χ1n) is 8.21. The Morgan fingerprint density at radius 2 is 1.77 bits per heavy atom. The molecule has 1 aliphatic heterocycles. The average Bonchev–Trinajstić information content (AvgIpc) is 2.64. The summed E-state index contributed by atoms with van der Waals surface area (Å²) in [6.45, 7) is 0.681. The summed E-state index contributed by atoms with van der Waals surface area (Å²) in [4.78, 5) is 4.59. The molecule has 0 unspecified atom stereocenters. The maximum absolute atomic E-state index is 12.6.